The topological polar surface area (TPSA) is 93.3 Å². The summed E-state index contributed by atoms with van der Waals surface area (Å²) in [5.41, 5.74) is 5.28. The number of amides is 1. The van der Waals surface area contributed by atoms with Gasteiger partial charge in [0.15, 0.2) is 0 Å². The molecule has 1 aromatic heterocycles. The first kappa shape index (κ1) is 18.7. The van der Waals surface area contributed by atoms with Crippen LogP contribution in [0.3, 0.4) is 0 Å². The number of nitrogens with one attached hydrogen (secondary N) is 2. The third-order valence-corrected chi connectivity index (χ3v) is 5.10. The number of ether oxygens (including phenoxy) is 2. The fourth-order valence-corrected chi connectivity index (χ4v) is 3.73. The SMILES string of the molecule is COC(=O)[C@H](Cc1cnc[nH]1)NC(=O)OCC1c2ccccc2-c2ccccc21. The second-order valence-electron chi connectivity index (χ2n) is 6.83. The zero-order valence-electron chi connectivity index (χ0n) is 15.9. The highest BCUT2D eigenvalue weighted by atomic mass is 16.6. The van der Waals surface area contributed by atoms with E-state index in [1.54, 1.807) is 6.20 Å². The molecule has 1 atom stereocenters. The van der Waals surface area contributed by atoms with Gasteiger partial charge in [-0.25, -0.2) is 14.6 Å². The number of hydrogen-bond donors (Lipinski definition) is 2. The van der Waals surface area contributed by atoms with Crippen LogP contribution in [0.4, 0.5) is 4.79 Å². The number of imidazole rings is 1. The van der Waals surface area contributed by atoms with Gasteiger partial charge in [-0.05, 0) is 22.3 Å². The molecular formula is C22H21N3O4. The number of nitrogens with zero attached hydrogens (tertiary/aromatic N) is 1. The highest BCUT2D eigenvalue weighted by Crippen LogP contribution is 2.44. The lowest BCUT2D eigenvalue weighted by molar-refractivity contribution is -0.143. The maximum Gasteiger partial charge on any atom is 0.407 e. The van der Waals surface area contributed by atoms with E-state index in [4.69, 9.17) is 9.47 Å². The van der Waals surface area contributed by atoms with Crippen LogP contribution in [0, 0.1) is 0 Å². The van der Waals surface area contributed by atoms with Crippen molar-refractivity contribution in [1.29, 1.82) is 0 Å². The van der Waals surface area contributed by atoms with Crippen molar-refractivity contribution in [2.24, 2.45) is 0 Å². The number of hydrogen-bond acceptors (Lipinski definition) is 5. The van der Waals surface area contributed by atoms with Gasteiger partial charge in [-0.2, -0.15) is 0 Å². The number of aromatic amines is 1. The minimum atomic E-state index is -0.865. The van der Waals surface area contributed by atoms with E-state index in [0.717, 1.165) is 22.3 Å². The van der Waals surface area contributed by atoms with Crippen LogP contribution in [-0.2, 0) is 20.7 Å². The van der Waals surface area contributed by atoms with E-state index < -0.39 is 18.1 Å². The lowest BCUT2D eigenvalue weighted by Gasteiger charge is -2.18. The van der Waals surface area contributed by atoms with Crippen molar-refractivity contribution in [2.75, 3.05) is 13.7 Å². The third kappa shape index (κ3) is 3.85. The predicted molar refractivity (Wildman–Crippen MR) is 106 cm³/mol. The molecule has 7 heteroatoms. The number of alkyl carbamates (subject to hydrolysis) is 1. The van der Waals surface area contributed by atoms with E-state index >= 15 is 0 Å². The Hall–Kier alpha value is -3.61. The molecule has 0 unspecified atom stereocenters. The summed E-state index contributed by atoms with van der Waals surface area (Å²) in [4.78, 5) is 31.3. The normalized spacial score (nSPS) is 13.3. The molecule has 0 saturated carbocycles. The Kier molecular flexibility index (Phi) is 5.29. The van der Waals surface area contributed by atoms with Crippen molar-refractivity contribution < 1.29 is 19.1 Å². The Bertz CT molecular complexity index is 971. The molecule has 0 bridgehead atoms. The van der Waals surface area contributed by atoms with Crippen LogP contribution in [0.15, 0.2) is 61.1 Å². The molecular weight excluding hydrogens is 370 g/mol. The van der Waals surface area contributed by atoms with Gasteiger partial charge in [0.05, 0.1) is 13.4 Å². The summed E-state index contributed by atoms with van der Waals surface area (Å²) in [5.74, 6) is -0.592. The Morgan fingerprint density at radius 1 is 1.10 bits per heavy atom. The number of H-pyrrole nitrogens is 1. The summed E-state index contributed by atoms with van der Waals surface area (Å²) < 4.78 is 10.3. The number of methoxy groups -OCH3 is 1. The highest BCUT2D eigenvalue weighted by Gasteiger charge is 2.30. The van der Waals surface area contributed by atoms with Gasteiger partial charge in [0.25, 0.3) is 0 Å². The fourth-order valence-electron chi connectivity index (χ4n) is 3.73. The zero-order chi connectivity index (χ0) is 20.2. The number of benzene rings is 2. The number of aromatic nitrogens is 2. The van der Waals surface area contributed by atoms with Crippen molar-refractivity contribution in [1.82, 2.24) is 15.3 Å². The van der Waals surface area contributed by atoms with Gasteiger partial charge in [0.2, 0.25) is 0 Å². The standard InChI is InChI=1S/C22H21N3O4/c1-28-21(26)20(10-14-11-23-13-24-14)25-22(27)29-12-19-17-8-4-2-6-15(17)16-7-3-5-9-18(16)19/h2-9,11,13,19-20H,10,12H2,1H3,(H,23,24)(H,25,27)/t20-/m0/s1. The molecule has 0 fully saturated rings. The summed E-state index contributed by atoms with van der Waals surface area (Å²) in [6.07, 6.45) is 2.67. The lowest BCUT2D eigenvalue weighted by atomic mass is 9.98. The summed E-state index contributed by atoms with van der Waals surface area (Å²) in [6, 6.07) is 15.4. The van der Waals surface area contributed by atoms with Crippen molar-refractivity contribution >= 4 is 12.1 Å². The van der Waals surface area contributed by atoms with E-state index in [1.165, 1.54) is 13.4 Å². The molecule has 1 aliphatic carbocycles. The Morgan fingerprint density at radius 2 is 1.76 bits per heavy atom. The smallest absolute Gasteiger partial charge is 0.407 e. The minimum Gasteiger partial charge on any atom is -0.467 e. The average Bonchev–Trinajstić information content (AvgIpc) is 3.37. The summed E-state index contributed by atoms with van der Waals surface area (Å²) in [7, 11) is 1.28. The monoisotopic (exact) mass is 391 g/mol. The van der Waals surface area contributed by atoms with E-state index in [0.29, 0.717) is 5.69 Å². The van der Waals surface area contributed by atoms with Gasteiger partial charge in [0.1, 0.15) is 12.6 Å². The Morgan fingerprint density at radius 3 is 2.34 bits per heavy atom. The quantitative estimate of drug-likeness (QED) is 0.630. The lowest BCUT2D eigenvalue weighted by Crippen LogP contribution is -2.43. The first-order valence-electron chi connectivity index (χ1n) is 9.34. The molecule has 4 rings (SSSR count). The van der Waals surface area contributed by atoms with Gasteiger partial charge >= 0.3 is 12.1 Å². The van der Waals surface area contributed by atoms with E-state index in [2.05, 4.69) is 39.6 Å². The van der Waals surface area contributed by atoms with Crippen molar-refractivity contribution in [3.63, 3.8) is 0 Å². The van der Waals surface area contributed by atoms with Crippen LogP contribution >= 0.6 is 0 Å². The van der Waals surface area contributed by atoms with Gasteiger partial charge in [0, 0.05) is 24.2 Å². The maximum atomic E-state index is 12.4. The van der Waals surface area contributed by atoms with Gasteiger partial charge in [-0.1, -0.05) is 48.5 Å². The average molecular weight is 391 g/mol. The molecule has 0 saturated heterocycles. The Balaban J connectivity index is 1.44. The molecule has 1 heterocycles. The molecule has 2 aromatic carbocycles. The van der Waals surface area contributed by atoms with E-state index in [-0.39, 0.29) is 18.9 Å². The molecule has 1 amide bonds. The van der Waals surface area contributed by atoms with Gasteiger partial charge in [-0.15, -0.1) is 0 Å². The molecule has 2 N–H and O–H groups in total. The zero-order valence-corrected chi connectivity index (χ0v) is 15.9. The van der Waals surface area contributed by atoms with Crippen molar-refractivity contribution in [3.05, 3.63) is 77.9 Å². The van der Waals surface area contributed by atoms with Gasteiger partial charge in [-0.3, -0.25) is 0 Å². The molecule has 7 nitrogen and oxygen atoms in total. The molecule has 0 aliphatic heterocycles. The van der Waals surface area contributed by atoms with E-state index in [9.17, 15) is 9.59 Å². The minimum absolute atomic E-state index is 0.0441. The number of rotatable bonds is 6. The number of esters is 1. The second-order valence-corrected chi connectivity index (χ2v) is 6.83. The van der Waals surface area contributed by atoms with Crippen LogP contribution < -0.4 is 5.32 Å². The number of fused-ring (bicyclic) bond motifs is 3. The summed E-state index contributed by atoms with van der Waals surface area (Å²) in [5, 5.41) is 2.59. The molecule has 3 aromatic rings. The Labute approximate surface area is 168 Å². The van der Waals surface area contributed by atoms with E-state index in [1.807, 2.05) is 24.3 Å². The molecule has 0 spiro atoms. The summed E-state index contributed by atoms with van der Waals surface area (Å²) >= 11 is 0. The van der Waals surface area contributed by atoms with Crippen LogP contribution in [0.25, 0.3) is 11.1 Å². The van der Waals surface area contributed by atoms with Crippen LogP contribution in [0.2, 0.25) is 0 Å². The highest BCUT2D eigenvalue weighted by molar-refractivity contribution is 5.82. The number of carbonyl (C=O) groups excluding carboxylic acids is 2. The molecule has 1 aliphatic rings. The number of carbonyl (C=O) groups is 2. The first-order chi connectivity index (χ1) is 14.2. The molecule has 29 heavy (non-hydrogen) atoms. The second kappa shape index (κ2) is 8.18. The largest absolute Gasteiger partial charge is 0.467 e. The van der Waals surface area contributed by atoms with Crippen molar-refractivity contribution in [3.8, 4) is 11.1 Å². The van der Waals surface area contributed by atoms with Crippen molar-refractivity contribution in [2.45, 2.75) is 18.4 Å². The molecule has 148 valence electrons. The van der Waals surface area contributed by atoms with Gasteiger partial charge < -0.3 is 19.8 Å². The predicted octanol–water partition coefficient (Wildman–Crippen LogP) is 3.03. The maximum absolute atomic E-state index is 12.4. The van der Waals surface area contributed by atoms with Crippen LogP contribution in [-0.4, -0.2) is 41.8 Å². The third-order valence-electron chi connectivity index (χ3n) is 5.10. The van der Waals surface area contributed by atoms with Crippen LogP contribution in [0.1, 0.15) is 22.7 Å². The first-order valence-corrected chi connectivity index (χ1v) is 9.34. The molecule has 0 radical (unpaired) electrons. The fraction of sp³-hybridized carbons (Fsp3) is 0.227. The van der Waals surface area contributed by atoms with Crippen LogP contribution in [0.5, 0.6) is 0 Å². The summed E-state index contributed by atoms with van der Waals surface area (Å²) in [6.45, 7) is 0.178.